The topological polar surface area (TPSA) is 80.7 Å². The molecule has 5 nitrogen and oxygen atoms in total. The van der Waals surface area contributed by atoms with E-state index in [-0.39, 0.29) is 17.4 Å². The van der Waals surface area contributed by atoms with Gasteiger partial charge in [-0.15, -0.1) is 0 Å². The first-order chi connectivity index (χ1) is 10.2. The summed E-state index contributed by atoms with van der Waals surface area (Å²) in [7, 11) is -5.62. The van der Waals surface area contributed by atoms with Crippen molar-refractivity contribution < 1.29 is 22.7 Å². The Morgan fingerprint density at radius 3 is 2.26 bits per heavy atom. The zero-order valence-electron chi connectivity index (χ0n) is 15.5. The number of carboxylic acids is 1. The summed E-state index contributed by atoms with van der Waals surface area (Å²) in [6.45, 7) is 14.5. The third-order valence-electron chi connectivity index (χ3n) is 5.73. The fraction of sp³-hybridized carbons (Fsp3) is 0.938. The zero-order chi connectivity index (χ0) is 18.3. The number of aliphatic carboxylic acids is 1. The second-order valence-corrected chi connectivity index (χ2v) is 15.7. The molecule has 3 unspecified atom stereocenters. The summed E-state index contributed by atoms with van der Waals surface area (Å²) in [5.41, 5.74) is 0. The first-order valence-electron chi connectivity index (χ1n) is 8.35. The summed E-state index contributed by atoms with van der Waals surface area (Å²) < 4.78 is 30.0. The van der Waals surface area contributed by atoms with Gasteiger partial charge in [-0.2, -0.15) is 0 Å². The second-order valence-electron chi connectivity index (χ2n) is 8.26. The lowest BCUT2D eigenvalue weighted by molar-refractivity contribution is -0.137. The number of hydrogen-bond acceptors (Lipinski definition) is 4. The van der Waals surface area contributed by atoms with Gasteiger partial charge in [-0.1, -0.05) is 34.1 Å². The van der Waals surface area contributed by atoms with E-state index in [9.17, 15) is 18.3 Å². The van der Waals surface area contributed by atoms with Crippen LogP contribution in [0.1, 0.15) is 53.9 Å². The van der Waals surface area contributed by atoms with Gasteiger partial charge in [0.05, 0.1) is 5.25 Å². The lowest BCUT2D eigenvalue weighted by Gasteiger charge is -2.36. The van der Waals surface area contributed by atoms with Crippen molar-refractivity contribution in [3.63, 3.8) is 0 Å². The van der Waals surface area contributed by atoms with E-state index in [0.29, 0.717) is 19.4 Å². The van der Waals surface area contributed by atoms with E-state index in [1.54, 1.807) is 6.92 Å². The van der Waals surface area contributed by atoms with Gasteiger partial charge in [-0.3, -0.25) is 4.79 Å². The summed E-state index contributed by atoms with van der Waals surface area (Å²) in [4.78, 5) is 11.6. The molecule has 0 amide bonds. The zero-order valence-corrected chi connectivity index (χ0v) is 17.3. The lowest BCUT2D eigenvalue weighted by Crippen LogP contribution is -2.43. The van der Waals surface area contributed by atoms with Crippen LogP contribution in [0.5, 0.6) is 0 Å². The number of sulfone groups is 1. The first kappa shape index (κ1) is 20.6. The van der Waals surface area contributed by atoms with E-state index in [1.807, 2.05) is 6.92 Å². The summed E-state index contributed by atoms with van der Waals surface area (Å²) in [6.07, 6.45) is 1.17. The number of carboxylic acid groups (broad SMARTS) is 1. The standard InChI is InChI=1S/C16H32O5SSi/c1-8-13-11-16(13,14(17)18)22(19,20)12(2)9-10-21-23(6,7)15(3,4)5/h12-13H,8-11H2,1-7H3,(H,17,18). The molecule has 1 N–H and O–H groups in total. The molecule has 0 spiro atoms. The maximum absolute atomic E-state index is 12.8. The fourth-order valence-corrected chi connectivity index (χ4v) is 6.22. The predicted molar refractivity (Wildman–Crippen MR) is 94.9 cm³/mol. The van der Waals surface area contributed by atoms with Crippen LogP contribution in [-0.4, -0.2) is 44.4 Å². The Kier molecular flexibility index (Phi) is 5.82. The van der Waals surface area contributed by atoms with Crippen LogP contribution in [0.3, 0.4) is 0 Å². The molecule has 0 aliphatic heterocycles. The predicted octanol–water partition coefficient (Wildman–Crippen LogP) is 3.45. The molecule has 0 aromatic carbocycles. The third-order valence-corrected chi connectivity index (χ3v) is 13.3. The van der Waals surface area contributed by atoms with Gasteiger partial charge < -0.3 is 9.53 Å². The quantitative estimate of drug-likeness (QED) is 0.667. The van der Waals surface area contributed by atoms with Crippen molar-refractivity contribution in [1.82, 2.24) is 0 Å². The fourth-order valence-electron chi connectivity index (χ4n) is 2.72. The van der Waals surface area contributed by atoms with Crippen LogP contribution in [0.2, 0.25) is 18.1 Å². The van der Waals surface area contributed by atoms with Crippen LogP contribution in [0, 0.1) is 5.92 Å². The molecule has 3 atom stereocenters. The number of rotatable bonds is 8. The van der Waals surface area contributed by atoms with Crippen molar-refractivity contribution in [3.05, 3.63) is 0 Å². The smallest absolute Gasteiger partial charge is 0.325 e. The van der Waals surface area contributed by atoms with Crippen LogP contribution in [0.15, 0.2) is 0 Å². The molecule has 23 heavy (non-hydrogen) atoms. The van der Waals surface area contributed by atoms with Gasteiger partial charge in [0.1, 0.15) is 0 Å². The largest absolute Gasteiger partial charge is 0.480 e. The van der Waals surface area contributed by atoms with Gasteiger partial charge in [0.25, 0.3) is 0 Å². The minimum atomic E-state index is -3.71. The molecule has 0 aromatic heterocycles. The minimum Gasteiger partial charge on any atom is -0.480 e. The minimum absolute atomic E-state index is 0.0706. The molecule has 1 aliphatic carbocycles. The van der Waals surface area contributed by atoms with E-state index in [2.05, 4.69) is 33.9 Å². The number of hydrogen-bond donors (Lipinski definition) is 1. The van der Waals surface area contributed by atoms with E-state index in [0.717, 1.165) is 0 Å². The van der Waals surface area contributed by atoms with Crippen LogP contribution in [0.25, 0.3) is 0 Å². The lowest BCUT2D eigenvalue weighted by atomic mass is 10.2. The summed E-state index contributed by atoms with van der Waals surface area (Å²) in [5, 5.41) is 8.82. The van der Waals surface area contributed by atoms with Crippen LogP contribution < -0.4 is 0 Å². The SMILES string of the molecule is CCC1CC1(C(=O)O)S(=O)(=O)C(C)CCO[Si](C)(C)C(C)(C)C. The molecule has 0 bridgehead atoms. The van der Waals surface area contributed by atoms with Gasteiger partial charge >= 0.3 is 5.97 Å². The summed E-state index contributed by atoms with van der Waals surface area (Å²) in [5.74, 6) is -1.45. The van der Waals surface area contributed by atoms with Crippen molar-refractivity contribution in [2.45, 2.75) is 82.0 Å². The van der Waals surface area contributed by atoms with Gasteiger partial charge in [0.2, 0.25) is 0 Å². The van der Waals surface area contributed by atoms with E-state index < -0.39 is 34.1 Å². The second kappa shape index (κ2) is 6.48. The Balaban J connectivity index is 2.75. The Morgan fingerprint density at radius 1 is 1.39 bits per heavy atom. The van der Waals surface area contributed by atoms with Gasteiger partial charge in [-0.25, -0.2) is 8.42 Å². The molecule has 1 saturated carbocycles. The van der Waals surface area contributed by atoms with Crippen LogP contribution in [0.4, 0.5) is 0 Å². The highest BCUT2D eigenvalue weighted by Crippen LogP contribution is 2.54. The van der Waals surface area contributed by atoms with E-state index in [1.165, 1.54) is 0 Å². The Labute approximate surface area is 141 Å². The van der Waals surface area contributed by atoms with E-state index >= 15 is 0 Å². The monoisotopic (exact) mass is 364 g/mol. The van der Waals surface area contributed by atoms with Crippen molar-refractivity contribution in [3.8, 4) is 0 Å². The maximum atomic E-state index is 12.8. The van der Waals surface area contributed by atoms with Crippen molar-refractivity contribution in [2.24, 2.45) is 5.92 Å². The Bertz CT molecular complexity index is 549. The highest BCUT2D eigenvalue weighted by molar-refractivity contribution is 7.94. The van der Waals surface area contributed by atoms with Crippen molar-refractivity contribution >= 4 is 24.1 Å². The molecule has 1 aliphatic rings. The molecule has 7 heteroatoms. The maximum Gasteiger partial charge on any atom is 0.325 e. The summed E-state index contributed by atoms with van der Waals surface area (Å²) >= 11 is 0. The Hall–Kier alpha value is -0.403. The number of carbonyl (C=O) groups is 1. The van der Waals surface area contributed by atoms with Crippen molar-refractivity contribution in [1.29, 1.82) is 0 Å². The van der Waals surface area contributed by atoms with Crippen LogP contribution in [-0.2, 0) is 19.1 Å². The molecule has 1 rings (SSSR count). The molecule has 136 valence electrons. The average molecular weight is 365 g/mol. The first-order valence-corrected chi connectivity index (χ1v) is 12.8. The van der Waals surface area contributed by atoms with Gasteiger partial charge in [-0.05, 0) is 43.8 Å². The molecule has 0 radical (unpaired) electrons. The van der Waals surface area contributed by atoms with Gasteiger partial charge in [0, 0.05) is 6.61 Å². The third kappa shape index (κ3) is 3.66. The molecule has 1 fully saturated rings. The molecule has 0 heterocycles. The molecule has 0 saturated heterocycles. The van der Waals surface area contributed by atoms with E-state index in [4.69, 9.17) is 4.43 Å². The Morgan fingerprint density at radius 2 is 1.91 bits per heavy atom. The highest BCUT2D eigenvalue weighted by Gasteiger charge is 2.69. The molecule has 0 aromatic rings. The van der Waals surface area contributed by atoms with Crippen LogP contribution >= 0.6 is 0 Å². The average Bonchev–Trinajstić information content (AvgIpc) is 3.13. The normalized spacial score (nSPS) is 26.8. The van der Waals surface area contributed by atoms with Crippen molar-refractivity contribution in [2.75, 3.05) is 6.61 Å². The highest BCUT2D eigenvalue weighted by atomic mass is 32.2. The van der Waals surface area contributed by atoms with Gasteiger partial charge in [0.15, 0.2) is 22.9 Å². The molecular weight excluding hydrogens is 332 g/mol. The summed E-state index contributed by atoms with van der Waals surface area (Å²) in [6, 6.07) is 0. The molecular formula is C16H32O5SSi.